The summed E-state index contributed by atoms with van der Waals surface area (Å²) in [6.45, 7) is 0. The van der Waals surface area contributed by atoms with Crippen LogP contribution in [0.1, 0.15) is 0 Å². The molecule has 0 N–H and O–H groups in total. The molecule has 0 aliphatic rings. The maximum absolute atomic E-state index is 5.02. The first-order chi connectivity index (χ1) is 15.9. The van der Waals surface area contributed by atoms with Gasteiger partial charge in [-0.3, -0.25) is 4.57 Å². The average molecular weight is 409 g/mol. The van der Waals surface area contributed by atoms with E-state index in [0.717, 1.165) is 27.9 Å². The maximum Gasteiger partial charge on any atom is 0.138 e. The second-order valence-corrected chi connectivity index (χ2v) is 8.16. The van der Waals surface area contributed by atoms with Crippen molar-refractivity contribution in [2.45, 2.75) is 0 Å². The summed E-state index contributed by atoms with van der Waals surface area (Å²) in [4.78, 5) is 5.02. The molecule has 0 aliphatic carbocycles. The van der Waals surface area contributed by atoms with Gasteiger partial charge >= 0.3 is 0 Å². The standard InChI is InChI=1S/C29H19N3/c1-2-9-22(10-3-1)31-17-16-21-18-24-23-11-5-7-13-26(23)32(28(24)19-27(21)31)29-15-14-20-8-4-6-12-25(20)30-29/h1-19H. The first kappa shape index (κ1) is 17.3. The van der Waals surface area contributed by atoms with Gasteiger partial charge in [0, 0.05) is 33.4 Å². The smallest absolute Gasteiger partial charge is 0.138 e. The van der Waals surface area contributed by atoms with E-state index in [1.807, 2.05) is 6.07 Å². The second kappa shape index (κ2) is 6.56. The van der Waals surface area contributed by atoms with Crippen LogP contribution in [0.25, 0.3) is 55.1 Å². The number of benzene rings is 4. The van der Waals surface area contributed by atoms with E-state index in [2.05, 4.69) is 118 Å². The molecule has 0 spiro atoms. The predicted molar refractivity (Wildman–Crippen MR) is 133 cm³/mol. The van der Waals surface area contributed by atoms with Gasteiger partial charge in [-0.15, -0.1) is 0 Å². The van der Waals surface area contributed by atoms with Crippen molar-refractivity contribution >= 4 is 43.6 Å². The highest BCUT2D eigenvalue weighted by molar-refractivity contribution is 6.13. The van der Waals surface area contributed by atoms with Gasteiger partial charge in [0.05, 0.1) is 22.1 Å². The van der Waals surface area contributed by atoms with Gasteiger partial charge in [0.1, 0.15) is 5.82 Å². The molecule has 150 valence electrons. The van der Waals surface area contributed by atoms with E-state index in [1.165, 1.54) is 27.2 Å². The molecule has 3 heteroatoms. The molecule has 0 saturated heterocycles. The average Bonchev–Trinajstić information content (AvgIpc) is 3.41. The third-order valence-electron chi connectivity index (χ3n) is 6.33. The third-order valence-corrected chi connectivity index (χ3v) is 6.33. The fraction of sp³-hybridized carbons (Fsp3) is 0. The SMILES string of the molecule is c1ccc(-n2ccc3cc4c5ccccc5n(-c5ccc6ccccc6n5)c4cc32)cc1. The zero-order valence-electron chi connectivity index (χ0n) is 17.3. The highest BCUT2D eigenvalue weighted by Gasteiger charge is 2.15. The minimum atomic E-state index is 0.937. The van der Waals surface area contributed by atoms with Crippen molar-refractivity contribution in [1.82, 2.24) is 14.1 Å². The summed E-state index contributed by atoms with van der Waals surface area (Å²) in [5.41, 5.74) is 5.69. The fourth-order valence-corrected chi connectivity index (χ4v) is 4.84. The molecule has 0 atom stereocenters. The van der Waals surface area contributed by atoms with Crippen LogP contribution in [0.5, 0.6) is 0 Å². The maximum atomic E-state index is 5.02. The van der Waals surface area contributed by atoms with E-state index in [0.29, 0.717) is 0 Å². The molecule has 0 fully saturated rings. The minimum Gasteiger partial charge on any atom is -0.316 e. The molecule has 0 saturated carbocycles. The van der Waals surface area contributed by atoms with Gasteiger partial charge in [0.15, 0.2) is 0 Å². The largest absolute Gasteiger partial charge is 0.316 e. The van der Waals surface area contributed by atoms with Crippen LogP contribution in [-0.4, -0.2) is 14.1 Å². The zero-order valence-corrected chi connectivity index (χ0v) is 17.3. The van der Waals surface area contributed by atoms with Crippen LogP contribution in [0.3, 0.4) is 0 Å². The molecule has 0 bridgehead atoms. The molecule has 3 nitrogen and oxygen atoms in total. The van der Waals surface area contributed by atoms with Gasteiger partial charge in [-0.25, -0.2) is 4.98 Å². The summed E-state index contributed by atoms with van der Waals surface area (Å²) < 4.78 is 4.55. The van der Waals surface area contributed by atoms with Crippen LogP contribution in [0.4, 0.5) is 0 Å². The summed E-state index contributed by atoms with van der Waals surface area (Å²) in [5, 5.41) is 4.87. The highest BCUT2D eigenvalue weighted by atomic mass is 15.1. The number of nitrogens with zero attached hydrogens (tertiary/aromatic N) is 3. The third kappa shape index (κ3) is 2.45. The molecular formula is C29H19N3. The summed E-state index contributed by atoms with van der Waals surface area (Å²) >= 11 is 0. The van der Waals surface area contributed by atoms with Crippen LogP contribution >= 0.6 is 0 Å². The fourth-order valence-electron chi connectivity index (χ4n) is 4.84. The molecule has 0 amide bonds. The number of rotatable bonds is 2. The molecule has 0 aliphatic heterocycles. The van der Waals surface area contributed by atoms with Crippen LogP contribution < -0.4 is 0 Å². The number of fused-ring (bicyclic) bond motifs is 5. The Hall–Kier alpha value is -4.37. The lowest BCUT2D eigenvalue weighted by atomic mass is 10.1. The van der Waals surface area contributed by atoms with E-state index in [-0.39, 0.29) is 0 Å². The Bertz CT molecular complexity index is 1770. The highest BCUT2D eigenvalue weighted by Crippen LogP contribution is 2.35. The predicted octanol–water partition coefficient (Wildman–Crippen LogP) is 7.28. The molecule has 7 rings (SSSR count). The van der Waals surface area contributed by atoms with E-state index in [9.17, 15) is 0 Å². The summed E-state index contributed by atoms with van der Waals surface area (Å²) in [6.07, 6.45) is 2.15. The van der Waals surface area contributed by atoms with Crippen LogP contribution in [0.2, 0.25) is 0 Å². The number of hydrogen-bond acceptors (Lipinski definition) is 1. The Balaban J connectivity index is 1.59. The van der Waals surface area contributed by atoms with Gasteiger partial charge in [-0.2, -0.15) is 0 Å². The number of aromatic nitrogens is 3. The lowest BCUT2D eigenvalue weighted by Crippen LogP contribution is -1.98. The second-order valence-electron chi connectivity index (χ2n) is 8.16. The molecule has 0 radical (unpaired) electrons. The van der Waals surface area contributed by atoms with Gasteiger partial charge in [-0.05, 0) is 54.6 Å². The van der Waals surface area contributed by atoms with Crippen LogP contribution in [-0.2, 0) is 0 Å². The molecule has 3 heterocycles. The van der Waals surface area contributed by atoms with Crippen molar-refractivity contribution in [2.75, 3.05) is 0 Å². The number of hydrogen-bond donors (Lipinski definition) is 0. The zero-order chi connectivity index (χ0) is 21.1. The molecule has 4 aromatic carbocycles. The monoisotopic (exact) mass is 409 g/mol. The Kier molecular flexibility index (Phi) is 3.55. The quantitative estimate of drug-likeness (QED) is 0.294. The summed E-state index contributed by atoms with van der Waals surface area (Å²) in [6, 6.07) is 38.5. The first-order valence-corrected chi connectivity index (χ1v) is 10.8. The van der Waals surface area contributed by atoms with Crippen LogP contribution in [0.15, 0.2) is 115 Å². The van der Waals surface area contributed by atoms with E-state index in [4.69, 9.17) is 4.98 Å². The summed E-state index contributed by atoms with van der Waals surface area (Å²) in [5.74, 6) is 0.937. The van der Waals surface area contributed by atoms with Crippen molar-refractivity contribution in [2.24, 2.45) is 0 Å². The van der Waals surface area contributed by atoms with Crippen molar-refractivity contribution in [3.8, 4) is 11.5 Å². The van der Waals surface area contributed by atoms with E-state index < -0.39 is 0 Å². The molecule has 3 aromatic heterocycles. The molecular weight excluding hydrogens is 390 g/mol. The summed E-state index contributed by atoms with van der Waals surface area (Å²) in [7, 11) is 0. The molecule has 32 heavy (non-hydrogen) atoms. The molecule has 0 unspecified atom stereocenters. The number of pyridine rings is 1. The van der Waals surface area contributed by atoms with Crippen molar-refractivity contribution in [1.29, 1.82) is 0 Å². The van der Waals surface area contributed by atoms with E-state index >= 15 is 0 Å². The Morgan fingerprint density at radius 2 is 1.34 bits per heavy atom. The lowest BCUT2D eigenvalue weighted by molar-refractivity contribution is 1.10. The number of para-hydroxylation sites is 3. The topological polar surface area (TPSA) is 22.8 Å². The van der Waals surface area contributed by atoms with Crippen molar-refractivity contribution in [3.05, 3.63) is 115 Å². The first-order valence-electron chi connectivity index (χ1n) is 10.8. The van der Waals surface area contributed by atoms with Gasteiger partial charge in [0.2, 0.25) is 0 Å². The molecule has 7 aromatic rings. The van der Waals surface area contributed by atoms with Crippen molar-refractivity contribution in [3.63, 3.8) is 0 Å². The van der Waals surface area contributed by atoms with Gasteiger partial charge in [-0.1, -0.05) is 54.6 Å². The minimum absolute atomic E-state index is 0.937. The van der Waals surface area contributed by atoms with Gasteiger partial charge in [0.25, 0.3) is 0 Å². The Morgan fingerprint density at radius 3 is 2.28 bits per heavy atom. The normalized spacial score (nSPS) is 11.8. The van der Waals surface area contributed by atoms with Crippen molar-refractivity contribution < 1.29 is 0 Å². The Labute approximate surface area is 184 Å². The Morgan fingerprint density at radius 1 is 0.531 bits per heavy atom. The van der Waals surface area contributed by atoms with Crippen LogP contribution in [0, 0.1) is 0 Å². The lowest BCUT2D eigenvalue weighted by Gasteiger charge is -2.09. The van der Waals surface area contributed by atoms with E-state index in [1.54, 1.807) is 0 Å². The van der Waals surface area contributed by atoms with Gasteiger partial charge < -0.3 is 4.57 Å².